The van der Waals surface area contributed by atoms with Crippen LogP contribution >= 0.6 is 11.8 Å². The van der Waals surface area contributed by atoms with Crippen LogP contribution in [0.3, 0.4) is 0 Å². The molecule has 6 aromatic carbocycles. The SMILES string of the molecule is COc1ccc(O[C@@H]2O[C@H](COCc3ccccc3)[C@@H](O[C@@H]3O[C@H](CSC(C)=O)[C@@H](O)[C@H](OCc4ccccc4)[C@H]3OCc3ccccc3)[C@H](OCc3ccccc3)[C@H]2OCc2ccccc2)cc1. The zero-order chi connectivity index (χ0) is 47.6. The maximum atomic E-state index is 12.4. The molecular formula is C56H60O12S. The van der Waals surface area contributed by atoms with Crippen LogP contribution in [0.5, 0.6) is 11.5 Å². The Balaban J connectivity index is 1.20. The van der Waals surface area contributed by atoms with E-state index < -0.39 is 61.4 Å². The lowest BCUT2D eigenvalue weighted by atomic mass is 9.96. The Morgan fingerprint density at radius 2 is 0.899 bits per heavy atom. The van der Waals surface area contributed by atoms with Crippen LogP contribution < -0.4 is 9.47 Å². The first-order valence-corrected chi connectivity index (χ1v) is 24.2. The van der Waals surface area contributed by atoms with Gasteiger partial charge in [-0.25, -0.2) is 0 Å². The number of hydrogen-bond acceptors (Lipinski definition) is 13. The number of aliphatic hydroxyl groups excluding tert-OH is 1. The van der Waals surface area contributed by atoms with Crippen LogP contribution in [0.15, 0.2) is 176 Å². The van der Waals surface area contributed by atoms with Crippen LogP contribution in [0.25, 0.3) is 0 Å². The topological polar surface area (TPSA) is 130 Å². The fourth-order valence-electron chi connectivity index (χ4n) is 8.22. The van der Waals surface area contributed by atoms with Crippen molar-refractivity contribution in [2.24, 2.45) is 0 Å². The van der Waals surface area contributed by atoms with Crippen LogP contribution in [0, 0.1) is 0 Å². The maximum absolute atomic E-state index is 12.4. The molecule has 1 N–H and O–H groups in total. The Bertz CT molecular complexity index is 2380. The Labute approximate surface area is 408 Å². The average Bonchev–Trinajstić information content (AvgIpc) is 3.39. The molecule has 0 aromatic heterocycles. The summed E-state index contributed by atoms with van der Waals surface area (Å²) in [6.45, 7) is 2.51. The number of hydrogen-bond donors (Lipinski definition) is 1. The highest BCUT2D eigenvalue weighted by molar-refractivity contribution is 8.13. The highest BCUT2D eigenvalue weighted by Gasteiger charge is 2.54. The summed E-state index contributed by atoms with van der Waals surface area (Å²) in [6.07, 6.45) is -9.93. The molecule has 2 aliphatic heterocycles. The van der Waals surface area contributed by atoms with Crippen molar-refractivity contribution in [1.82, 2.24) is 0 Å². The number of ether oxygens (including phenoxy) is 10. The lowest BCUT2D eigenvalue weighted by molar-refractivity contribution is -0.365. The third kappa shape index (κ3) is 14.6. The molecule has 10 atom stereocenters. The van der Waals surface area contributed by atoms with Crippen molar-refractivity contribution < 1.29 is 57.3 Å². The zero-order valence-electron chi connectivity index (χ0n) is 38.8. The van der Waals surface area contributed by atoms with E-state index in [1.165, 1.54) is 6.92 Å². The largest absolute Gasteiger partial charge is 0.497 e. The molecule has 69 heavy (non-hydrogen) atoms. The molecule has 0 unspecified atom stereocenters. The molecule has 2 fully saturated rings. The molecule has 13 heteroatoms. The normalized spacial score (nSPS) is 24.6. The summed E-state index contributed by atoms with van der Waals surface area (Å²) in [5, 5.41) is 12.0. The summed E-state index contributed by atoms with van der Waals surface area (Å²) in [5.74, 6) is 1.32. The first-order valence-electron chi connectivity index (χ1n) is 23.2. The molecule has 2 saturated heterocycles. The number of carbonyl (C=O) groups excluding carboxylic acids is 1. The van der Waals surface area contributed by atoms with Crippen LogP contribution in [0.1, 0.15) is 34.7 Å². The van der Waals surface area contributed by atoms with E-state index in [1.807, 2.05) is 176 Å². The van der Waals surface area contributed by atoms with Crippen LogP contribution in [-0.2, 0) is 75.7 Å². The van der Waals surface area contributed by atoms with Gasteiger partial charge in [0, 0.05) is 12.7 Å². The van der Waals surface area contributed by atoms with Gasteiger partial charge < -0.3 is 52.5 Å². The summed E-state index contributed by atoms with van der Waals surface area (Å²) in [7, 11) is 1.61. The van der Waals surface area contributed by atoms with Gasteiger partial charge in [-0.15, -0.1) is 0 Å². The second kappa shape index (κ2) is 26.0. The number of thioether (sulfide) groups is 1. The average molecular weight is 957 g/mol. The highest BCUT2D eigenvalue weighted by Crippen LogP contribution is 2.37. The Hall–Kier alpha value is -5.42. The second-order valence-corrected chi connectivity index (χ2v) is 18.0. The summed E-state index contributed by atoms with van der Waals surface area (Å²) in [6, 6.07) is 56.3. The van der Waals surface area contributed by atoms with Gasteiger partial charge in [0.1, 0.15) is 54.2 Å². The van der Waals surface area contributed by atoms with Crippen molar-refractivity contribution in [2.45, 2.75) is 101 Å². The molecule has 2 heterocycles. The van der Waals surface area contributed by atoms with Crippen molar-refractivity contribution in [3.8, 4) is 11.5 Å². The molecule has 2 aliphatic rings. The highest BCUT2D eigenvalue weighted by atomic mass is 32.2. The van der Waals surface area contributed by atoms with Crippen LogP contribution in [-0.4, -0.2) is 91.1 Å². The number of benzene rings is 6. The maximum Gasteiger partial charge on any atom is 0.229 e. The van der Waals surface area contributed by atoms with Crippen molar-refractivity contribution >= 4 is 16.9 Å². The minimum Gasteiger partial charge on any atom is -0.497 e. The predicted octanol–water partition coefficient (Wildman–Crippen LogP) is 9.11. The molecular weight excluding hydrogens is 897 g/mol. The molecule has 6 aromatic rings. The molecule has 362 valence electrons. The second-order valence-electron chi connectivity index (χ2n) is 16.8. The van der Waals surface area contributed by atoms with Crippen LogP contribution in [0.2, 0.25) is 0 Å². The lowest BCUT2D eigenvalue weighted by Crippen LogP contribution is -2.66. The minimum atomic E-state index is -1.21. The quantitative estimate of drug-likeness (QED) is 0.0656. The first kappa shape index (κ1) is 50.0. The van der Waals surface area contributed by atoms with E-state index in [0.29, 0.717) is 11.5 Å². The van der Waals surface area contributed by atoms with Crippen molar-refractivity contribution in [2.75, 3.05) is 19.5 Å². The third-order valence-corrected chi connectivity index (χ3v) is 12.7. The Kier molecular flexibility index (Phi) is 18.8. The fraction of sp³-hybridized carbons (Fsp3) is 0.339. The number of methoxy groups -OCH3 is 1. The molecule has 8 rings (SSSR count). The smallest absolute Gasteiger partial charge is 0.229 e. The predicted molar refractivity (Wildman–Crippen MR) is 261 cm³/mol. The van der Waals surface area contributed by atoms with Gasteiger partial charge in [0.2, 0.25) is 6.29 Å². The van der Waals surface area contributed by atoms with Gasteiger partial charge in [-0.3, -0.25) is 4.79 Å². The molecule has 0 aliphatic carbocycles. The van der Waals surface area contributed by atoms with Gasteiger partial charge in [0.05, 0.1) is 52.9 Å². The molecule has 0 bridgehead atoms. The summed E-state index contributed by atoms with van der Waals surface area (Å²) in [5.41, 5.74) is 4.62. The van der Waals surface area contributed by atoms with Crippen molar-refractivity contribution in [3.05, 3.63) is 204 Å². The molecule has 0 amide bonds. The summed E-state index contributed by atoms with van der Waals surface area (Å²) in [4.78, 5) is 12.4. The van der Waals surface area contributed by atoms with E-state index in [4.69, 9.17) is 47.4 Å². The van der Waals surface area contributed by atoms with E-state index in [2.05, 4.69) is 0 Å². The monoisotopic (exact) mass is 956 g/mol. The molecule has 0 spiro atoms. The summed E-state index contributed by atoms with van der Waals surface area (Å²) >= 11 is 1.05. The van der Waals surface area contributed by atoms with Crippen LogP contribution in [0.4, 0.5) is 0 Å². The van der Waals surface area contributed by atoms with Crippen molar-refractivity contribution in [1.29, 1.82) is 0 Å². The Morgan fingerprint density at radius 3 is 1.36 bits per heavy atom. The van der Waals surface area contributed by atoms with Gasteiger partial charge in [0.25, 0.3) is 0 Å². The summed E-state index contributed by atoms with van der Waals surface area (Å²) < 4.78 is 67.1. The van der Waals surface area contributed by atoms with E-state index >= 15 is 0 Å². The van der Waals surface area contributed by atoms with E-state index in [9.17, 15) is 9.90 Å². The van der Waals surface area contributed by atoms with E-state index in [1.54, 1.807) is 7.11 Å². The molecule has 0 radical (unpaired) electrons. The molecule has 0 saturated carbocycles. The lowest BCUT2D eigenvalue weighted by Gasteiger charge is -2.49. The Morgan fingerprint density at radius 1 is 0.493 bits per heavy atom. The number of carbonyl (C=O) groups is 1. The number of aliphatic hydroxyl groups is 1. The first-order chi connectivity index (χ1) is 33.9. The minimum absolute atomic E-state index is 0.0427. The van der Waals surface area contributed by atoms with E-state index in [-0.39, 0.29) is 50.5 Å². The third-order valence-electron chi connectivity index (χ3n) is 11.8. The fourth-order valence-corrected chi connectivity index (χ4v) is 8.89. The van der Waals surface area contributed by atoms with Gasteiger partial charge in [-0.1, -0.05) is 163 Å². The standard InChI is InChI=1S/C56H60O12S/c1-39(57)69-38-48-49(58)51(61-33-41-20-10-4-11-21-41)53(63-35-43-24-14-6-15-25-43)56(67-48)68-50-47(37-60-32-40-18-8-3-9-19-40)66-55(65-46-30-28-45(59-2)29-31-46)54(64-36-44-26-16-7-17-27-44)52(50)62-34-42-22-12-5-13-23-42/h3-31,47-56,58H,32-38H2,1-2H3/t47-,48-,49-,50-,51+,52+,53-,54-,55-,56+/m1/s1. The van der Waals surface area contributed by atoms with Gasteiger partial charge in [0.15, 0.2) is 11.4 Å². The zero-order valence-corrected chi connectivity index (χ0v) is 39.6. The van der Waals surface area contributed by atoms with Gasteiger partial charge in [-0.05, 0) is 52.1 Å². The molecule has 12 nitrogen and oxygen atoms in total. The van der Waals surface area contributed by atoms with E-state index in [0.717, 1.165) is 39.6 Å². The van der Waals surface area contributed by atoms with Gasteiger partial charge in [-0.2, -0.15) is 0 Å². The van der Waals surface area contributed by atoms with Gasteiger partial charge >= 0.3 is 0 Å². The van der Waals surface area contributed by atoms with Crippen molar-refractivity contribution in [3.63, 3.8) is 0 Å². The number of rotatable bonds is 23.